The van der Waals surface area contributed by atoms with Crippen molar-refractivity contribution in [1.29, 1.82) is 0 Å². The van der Waals surface area contributed by atoms with Gasteiger partial charge in [-0.25, -0.2) is 0 Å². The molecule has 0 radical (unpaired) electrons. The molecule has 0 aromatic heterocycles. The predicted octanol–water partition coefficient (Wildman–Crippen LogP) is 4.77. The monoisotopic (exact) mass is 309 g/mol. The van der Waals surface area contributed by atoms with Crippen molar-refractivity contribution in [3.63, 3.8) is 0 Å². The van der Waals surface area contributed by atoms with Crippen LogP contribution in [0.1, 0.15) is 56.9 Å². The van der Waals surface area contributed by atoms with Crippen molar-refractivity contribution in [2.24, 2.45) is 0 Å². The number of halogens is 1. The number of ether oxygens (including phenoxy) is 1. The average molecular weight is 310 g/mol. The molecule has 118 valence electrons. The standard InChI is InChI=1S/C18H28ClNO/c1-2-12-20-14-15(17-10-3-4-11-18(17)19)7-5-8-16-9-6-13-21-16/h3-4,10-11,15-16,20H,2,5-9,12-14H2,1H3. The first kappa shape index (κ1) is 16.8. The fourth-order valence-corrected chi connectivity index (χ4v) is 3.38. The lowest BCUT2D eigenvalue weighted by molar-refractivity contribution is 0.101. The van der Waals surface area contributed by atoms with Crippen molar-refractivity contribution in [3.05, 3.63) is 34.9 Å². The van der Waals surface area contributed by atoms with Gasteiger partial charge in [-0.05, 0) is 56.2 Å². The van der Waals surface area contributed by atoms with Crippen molar-refractivity contribution < 1.29 is 4.74 Å². The maximum absolute atomic E-state index is 6.39. The van der Waals surface area contributed by atoms with E-state index in [1.807, 2.05) is 12.1 Å². The molecule has 0 aliphatic carbocycles. The van der Waals surface area contributed by atoms with E-state index >= 15 is 0 Å². The van der Waals surface area contributed by atoms with E-state index < -0.39 is 0 Å². The van der Waals surface area contributed by atoms with Crippen LogP contribution in [0, 0.1) is 0 Å². The summed E-state index contributed by atoms with van der Waals surface area (Å²) in [5, 5.41) is 4.45. The quantitative estimate of drug-likeness (QED) is 0.663. The molecule has 2 rings (SSSR count). The minimum absolute atomic E-state index is 0.500. The summed E-state index contributed by atoms with van der Waals surface area (Å²) in [5.41, 5.74) is 1.29. The minimum atomic E-state index is 0.500. The summed E-state index contributed by atoms with van der Waals surface area (Å²) < 4.78 is 5.72. The SMILES string of the molecule is CCCNCC(CCCC1CCCO1)c1ccccc1Cl. The molecular formula is C18H28ClNO. The van der Waals surface area contributed by atoms with Crippen LogP contribution >= 0.6 is 11.6 Å². The van der Waals surface area contributed by atoms with E-state index in [0.29, 0.717) is 12.0 Å². The molecule has 1 aromatic carbocycles. The Balaban J connectivity index is 1.86. The first-order valence-corrected chi connectivity index (χ1v) is 8.75. The number of nitrogens with one attached hydrogen (secondary N) is 1. The van der Waals surface area contributed by atoms with E-state index in [9.17, 15) is 0 Å². The third-order valence-corrected chi connectivity index (χ3v) is 4.61. The van der Waals surface area contributed by atoms with E-state index in [1.54, 1.807) is 0 Å². The molecule has 3 heteroatoms. The third-order valence-electron chi connectivity index (χ3n) is 4.27. The number of benzene rings is 1. The number of hydrogen-bond donors (Lipinski definition) is 1. The fraction of sp³-hybridized carbons (Fsp3) is 0.667. The molecule has 1 saturated heterocycles. The lowest BCUT2D eigenvalue weighted by atomic mass is 9.92. The van der Waals surface area contributed by atoms with E-state index in [0.717, 1.165) is 24.7 Å². The number of rotatable bonds is 9. The van der Waals surface area contributed by atoms with Crippen LogP contribution in [0.3, 0.4) is 0 Å². The van der Waals surface area contributed by atoms with Crippen molar-refractivity contribution >= 4 is 11.6 Å². The second-order valence-electron chi connectivity index (χ2n) is 5.99. The van der Waals surface area contributed by atoms with Crippen LogP contribution in [0.4, 0.5) is 0 Å². The lowest BCUT2D eigenvalue weighted by Gasteiger charge is -2.20. The summed E-state index contributed by atoms with van der Waals surface area (Å²) >= 11 is 6.39. The molecule has 21 heavy (non-hydrogen) atoms. The molecule has 1 aliphatic rings. The fourth-order valence-electron chi connectivity index (χ4n) is 3.09. The molecule has 1 aliphatic heterocycles. The molecule has 0 amide bonds. The molecular weight excluding hydrogens is 282 g/mol. The van der Waals surface area contributed by atoms with Crippen LogP contribution in [-0.2, 0) is 4.74 Å². The molecule has 2 atom stereocenters. The first-order valence-electron chi connectivity index (χ1n) is 8.38. The molecule has 1 aromatic rings. The highest BCUT2D eigenvalue weighted by atomic mass is 35.5. The molecule has 1 fully saturated rings. The summed E-state index contributed by atoms with van der Waals surface area (Å²) in [7, 11) is 0. The van der Waals surface area contributed by atoms with Crippen LogP contribution in [0.2, 0.25) is 5.02 Å². The van der Waals surface area contributed by atoms with E-state index in [-0.39, 0.29) is 0 Å². The van der Waals surface area contributed by atoms with Gasteiger partial charge in [0.1, 0.15) is 0 Å². The van der Waals surface area contributed by atoms with Gasteiger partial charge in [-0.15, -0.1) is 0 Å². The zero-order valence-electron chi connectivity index (χ0n) is 13.1. The van der Waals surface area contributed by atoms with Gasteiger partial charge in [0.05, 0.1) is 6.10 Å². The van der Waals surface area contributed by atoms with Crippen molar-refractivity contribution in [2.45, 2.75) is 57.5 Å². The second kappa shape index (κ2) is 9.45. The van der Waals surface area contributed by atoms with Gasteiger partial charge in [0.25, 0.3) is 0 Å². The summed E-state index contributed by atoms with van der Waals surface area (Å²) in [5.74, 6) is 0.506. The Morgan fingerprint density at radius 3 is 2.95 bits per heavy atom. The van der Waals surface area contributed by atoms with Crippen LogP contribution in [0.5, 0.6) is 0 Å². The zero-order valence-corrected chi connectivity index (χ0v) is 13.9. The molecule has 0 bridgehead atoms. The van der Waals surface area contributed by atoms with Crippen LogP contribution < -0.4 is 5.32 Å². The van der Waals surface area contributed by atoms with Gasteiger partial charge in [0.15, 0.2) is 0 Å². The van der Waals surface area contributed by atoms with Crippen molar-refractivity contribution in [2.75, 3.05) is 19.7 Å². The summed E-state index contributed by atoms with van der Waals surface area (Å²) in [4.78, 5) is 0. The Labute approximate surface area is 134 Å². The van der Waals surface area contributed by atoms with Crippen LogP contribution in [-0.4, -0.2) is 25.8 Å². The van der Waals surface area contributed by atoms with Gasteiger partial charge < -0.3 is 10.1 Å². The topological polar surface area (TPSA) is 21.3 Å². The largest absolute Gasteiger partial charge is 0.378 e. The van der Waals surface area contributed by atoms with E-state index in [1.165, 1.54) is 44.1 Å². The Kier molecular flexibility index (Phi) is 7.56. The summed E-state index contributed by atoms with van der Waals surface area (Å²) in [6.07, 6.45) is 7.73. The third kappa shape index (κ3) is 5.61. The highest BCUT2D eigenvalue weighted by Gasteiger charge is 2.18. The van der Waals surface area contributed by atoms with Crippen LogP contribution in [0.25, 0.3) is 0 Å². The van der Waals surface area contributed by atoms with Gasteiger partial charge in [-0.3, -0.25) is 0 Å². The molecule has 0 saturated carbocycles. The average Bonchev–Trinajstić information content (AvgIpc) is 3.00. The van der Waals surface area contributed by atoms with E-state index in [4.69, 9.17) is 16.3 Å². The van der Waals surface area contributed by atoms with Gasteiger partial charge in [-0.2, -0.15) is 0 Å². The second-order valence-corrected chi connectivity index (χ2v) is 6.40. The van der Waals surface area contributed by atoms with Gasteiger partial charge in [0, 0.05) is 18.2 Å². The maximum atomic E-state index is 6.39. The summed E-state index contributed by atoms with van der Waals surface area (Å²) in [6, 6.07) is 8.28. The van der Waals surface area contributed by atoms with E-state index in [2.05, 4.69) is 24.4 Å². The lowest BCUT2D eigenvalue weighted by Crippen LogP contribution is -2.23. The Morgan fingerprint density at radius 2 is 2.24 bits per heavy atom. The Morgan fingerprint density at radius 1 is 1.38 bits per heavy atom. The Bertz CT molecular complexity index is 404. The molecule has 2 unspecified atom stereocenters. The molecule has 1 N–H and O–H groups in total. The highest BCUT2D eigenvalue weighted by molar-refractivity contribution is 6.31. The summed E-state index contributed by atoms with van der Waals surface area (Å²) in [6.45, 7) is 5.25. The van der Waals surface area contributed by atoms with Gasteiger partial charge in [-0.1, -0.05) is 43.1 Å². The van der Waals surface area contributed by atoms with Gasteiger partial charge >= 0.3 is 0 Å². The van der Waals surface area contributed by atoms with Crippen molar-refractivity contribution in [3.8, 4) is 0 Å². The Hall–Kier alpha value is -0.570. The molecule has 0 spiro atoms. The first-order chi connectivity index (χ1) is 10.3. The number of hydrogen-bond acceptors (Lipinski definition) is 2. The predicted molar refractivity (Wildman–Crippen MR) is 90.2 cm³/mol. The highest BCUT2D eigenvalue weighted by Crippen LogP contribution is 2.29. The maximum Gasteiger partial charge on any atom is 0.0576 e. The molecule has 2 nitrogen and oxygen atoms in total. The smallest absolute Gasteiger partial charge is 0.0576 e. The van der Waals surface area contributed by atoms with Crippen LogP contribution in [0.15, 0.2) is 24.3 Å². The van der Waals surface area contributed by atoms with Gasteiger partial charge in [0.2, 0.25) is 0 Å². The normalized spacial score (nSPS) is 19.8. The zero-order chi connectivity index (χ0) is 14.9. The molecule has 1 heterocycles. The van der Waals surface area contributed by atoms with Crippen molar-refractivity contribution in [1.82, 2.24) is 5.32 Å². The minimum Gasteiger partial charge on any atom is -0.378 e.